The maximum atomic E-state index is 12.5. The van der Waals surface area contributed by atoms with E-state index in [4.69, 9.17) is 4.74 Å². The molecule has 0 unspecified atom stereocenters. The van der Waals surface area contributed by atoms with Crippen molar-refractivity contribution in [2.45, 2.75) is 26.0 Å². The highest BCUT2D eigenvalue weighted by Gasteiger charge is 2.20. The van der Waals surface area contributed by atoms with Crippen LogP contribution in [-0.4, -0.2) is 23.3 Å². The van der Waals surface area contributed by atoms with Gasteiger partial charge in [0.2, 0.25) is 5.91 Å². The third-order valence-corrected chi connectivity index (χ3v) is 5.12. The van der Waals surface area contributed by atoms with Crippen molar-refractivity contribution in [3.8, 4) is 5.75 Å². The Morgan fingerprint density at radius 3 is 2.30 bits per heavy atom. The molecule has 1 aliphatic rings. The summed E-state index contributed by atoms with van der Waals surface area (Å²) in [6.07, 6.45) is 1.56. The molecule has 1 N–H and O–H groups in total. The van der Waals surface area contributed by atoms with Crippen LogP contribution in [0, 0.1) is 0 Å². The van der Waals surface area contributed by atoms with E-state index in [2.05, 4.69) is 5.32 Å². The molecule has 1 aliphatic heterocycles. The number of benzene rings is 3. The molecule has 5 nitrogen and oxygen atoms in total. The van der Waals surface area contributed by atoms with Crippen LogP contribution >= 0.6 is 0 Å². The predicted octanol–water partition coefficient (Wildman–Crippen LogP) is 4.64. The van der Waals surface area contributed by atoms with Gasteiger partial charge in [0, 0.05) is 30.8 Å². The van der Waals surface area contributed by atoms with E-state index in [1.807, 2.05) is 71.6 Å². The lowest BCUT2D eigenvalue weighted by atomic mass is 10.1. The topological polar surface area (TPSA) is 58.6 Å². The molecule has 3 aromatic rings. The molecular weight excluding hydrogens is 376 g/mol. The first-order valence-electron chi connectivity index (χ1n) is 10.1. The van der Waals surface area contributed by atoms with E-state index in [-0.39, 0.29) is 11.8 Å². The molecule has 0 spiro atoms. The van der Waals surface area contributed by atoms with Gasteiger partial charge in [-0.25, -0.2) is 0 Å². The number of anilines is 1. The zero-order valence-electron chi connectivity index (χ0n) is 16.7. The molecule has 152 valence electrons. The van der Waals surface area contributed by atoms with Crippen LogP contribution in [0.3, 0.4) is 0 Å². The molecular formula is C25H24N2O3. The van der Waals surface area contributed by atoms with E-state index >= 15 is 0 Å². The first-order valence-corrected chi connectivity index (χ1v) is 10.1. The van der Waals surface area contributed by atoms with Gasteiger partial charge in [0.15, 0.2) is 0 Å². The molecule has 2 amide bonds. The average molecular weight is 400 g/mol. The summed E-state index contributed by atoms with van der Waals surface area (Å²) in [5.74, 6) is 0.780. The molecule has 5 heteroatoms. The van der Waals surface area contributed by atoms with Crippen molar-refractivity contribution in [1.29, 1.82) is 0 Å². The highest BCUT2D eigenvalue weighted by Crippen LogP contribution is 2.19. The van der Waals surface area contributed by atoms with Crippen LogP contribution in [0.1, 0.15) is 34.3 Å². The van der Waals surface area contributed by atoms with Crippen LogP contribution < -0.4 is 10.1 Å². The molecule has 30 heavy (non-hydrogen) atoms. The number of rotatable bonds is 7. The maximum Gasteiger partial charge on any atom is 0.255 e. The van der Waals surface area contributed by atoms with Crippen LogP contribution in [0.2, 0.25) is 0 Å². The van der Waals surface area contributed by atoms with Gasteiger partial charge in [0.25, 0.3) is 5.91 Å². The zero-order valence-corrected chi connectivity index (χ0v) is 16.7. The fourth-order valence-electron chi connectivity index (χ4n) is 3.43. The van der Waals surface area contributed by atoms with E-state index in [1.54, 1.807) is 12.1 Å². The number of likely N-dealkylation sites (tertiary alicyclic amines) is 1. The molecule has 4 rings (SSSR count). The summed E-state index contributed by atoms with van der Waals surface area (Å²) in [7, 11) is 0. The number of carbonyl (C=O) groups is 2. The van der Waals surface area contributed by atoms with Gasteiger partial charge in [-0.05, 0) is 53.9 Å². The first-order chi connectivity index (χ1) is 14.7. The summed E-state index contributed by atoms with van der Waals surface area (Å²) in [5, 5.41) is 2.90. The van der Waals surface area contributed by atoms with Gasteiger partial charge < -0.3 is 15.0 Å². The van der Waals surface area contributed by atoms with E-state index < -0.39 is 0 Å². The monoisotopic (exact) mass is 400 g/mol. The molecule has 1 saturated heterocycles. The smallest absolute Gasteiger partial charge is 0.255 e. The second kappa shape index (κ2) is 9.27. The summed E-state index contributed by atoms with van der Waals surface area (Å²) in [6.45, 7) is 1.92. The quantitative estimate of drug-likeness (QED) is 0.629. The Labute approximate surface area is 176 Å². The standard InChI is InChI=1S/C25H24N2O3/c28-24-7-4-16-27(24)17-19-8-10-21(11-9-19)25(29)26-22-12-14-23(15-13-22)30-18-20-5-2-1-3-6-20/h1-3,5-6,8-15H,4,7,16-18H2,(H,26,29). The largest absolute Gasteiger partial charge is 0.489 e. The molecule has 0 saturated carbocycles. The van der Waals surface area contributed by atoms with Crippen LogP contribution in [0.25, 0.3) is 0 Å². The lowest BCUT2D eigenvalue weighted by Crippen LogP contribution is -2.23. The maximum absolute atomic E-state index is 12.5. The highest BCUT2D eigenvalue weighted by molar-refractivity contribution is 6.04. The summed E-state index contributed by atoms with van der Waals surface area (Å²) in [6, 6.07) is 24.7. The highest BCUT2D eigenvalue weighted by atomic mass is 16.5. The number of hydrogen-bond donors (Lipinski definition) is 1. The molecule has 1 heterocycles. The summed E-state index contributed by atoms with van der Waals surface area (Å²) >= 11 is 0. The molecule has 0 aliphatic carbocycles. The van der Waals surface area contributed by atoms with Crippen molar-refractivity contribution in [2.75, 3.05) is 11.9 Å². The van der Waals surface area contributed by atoms with Crippen molar-refractivity contribution < 1.29 is 14.3 Å². The van der Waals surface area contributed by atoms with Crippen molar-refractivity contribution in [1.82, 2.24) is 4.90 Å². The van der Waals surface area contributed by atoms with E-state index in [0.29, 0.717) is 30.8 Å². The first kappa shape index (κ1) is 19.7. The second-order valence-corrected chi connectivity index (χ2v) is 7.37. The van der Waals surface area contributed by atoms with E-state index in [1.165, 1.54) is 0 Å². The van der Waals surface area contributed by atoms with E-state index in [0.717, 1.165) is 29.8 Å². The lowest BCUT2D eigenvalue weighted by molar-refractivity contribution is -0.128. The molecule has 0 bridgehead atoms. The van der Waals surface area contributed by atoms with Gasteiger partial charge in [0.05, 0.1) is 0 Å². The summed E-state index contributed by atoms with van der Waals surface area (Å²) < 4.78 is 5.77. The fraction of sp³-hybridized carbons (Fsp3) is 0.200. The Balaban J connectivity index is 1.30. The summed E-state index contributed by atoms with van der Waals surface area (Å²) in [4.78, 5) is 26.1. The molecule has 0 radical (unpaired) electrons. The van der Waals surface area contributed by atoms with Gasteiger partial charge in [-0.15, -0.1) is 0 Å². The number of amides is 2. The van der Waals surface area contributed by atoms with Crippen molar-refractivity contribution in [3.63, 3.8) is 0 Å². The van der Waals surface area contributed by atoms with Gasteiger partial charge in [-0.2, -0.15) is 0 Å². The number of hydrogen-bond acceptors (Lipinski definition) is 3. The fourth-order valence-corrected chi connectivity index (χ4v) is 3.43. The lowest BCUT2D eigenvalue weighted by Gasteiger charge is -2.15. The number of carbonyl (C=O) groups excluding carboxylic acids is 2. The van der Waals surface area contributed by atoms with Gasteiger partial charge in [0.1, 0.15) is 12.4 Å². The van der Waals surface area contributed by atoms with Gasteiger partial charge in [-0.1, -0.05) is 42.5 Å². The average Bonchev–Trinajstić information content (AvgIpc) is 3.19. The Morgan fingerprint density at radius 2 is 1.63 bits per heavy atom. The summed E-state index contributed by atoms with van der Waals surface area (Å²) in [5.41, 5.74) is 3.42. The number of nitrogens with zero attached hydrogens (tertiary/aromatic N) is 1. The molecule has 0 aromatic heterocycles. The van der Waals surface area contributed by atoms with Crippen LogP contribution in [0.15, 0.2) is 78.9 Å². The number of ether oxygens (including phenoxy) is 1. The van der Waals surface area contributed by atoms with Crippen LogP contribution in [0.4, 0.5) is 5.69 Å². The molecule has 1 fully saturated rings. The Bertz CT molecular complexity index is 999. The van der Waals surface area contributed by atoms with Gasteiger partial charge >= 0.3 is 0 Å². The third-order valence-electron chi connectivity index (χ3n) is 5.12. The normalized spacial score (nSPS) is 13.3. The predicted molar refractivity (Wildman–Crippen MR) is 116 cm³/mol. The Hall–Kier alpha value is -3.60. The Kier molecular flexibility index (Phi) is 6.09. The minimum absolute atomic E-state index is 0.170. The van der Waals surface area contributed by atoms with Crippen molar-refractivity contribution >= 4 is 17.5 Å². The SMILES string of the molecule is O=C(Nc1ccc(OCc2ccccc2)cc1)c1ccc(CN2CCCC2=O)cc1. The van der Waals surface area contributed by atoms with Crippen molar-refractivity contribution in [2.24, 2.45) is 0 Å². The number of nitrogens with one attached hydrogen (secondary N) is 1. The molecule has 0 atom stereocenters. The van der Waals surface area contributed by atoms with Crippen LogP contribution in [-0.2, 0) is 17.9 Å². The second-order valence-electron chi connectivity index (χ2n) is 7.37. The van der Waals surface area contributed by atoms with Gasteiger partial charge in [-0.3, -0.25) is 9.59 Å². The zero-order chi connectivity index (χ0) is 20.8. The minimum Gasteiger partial charge on any atom is -0.489 e. The Morgan fingerprint density at radius 1 is 0.900 bits per heavy atom. The minimum atomic E-state index is -0.170. The van der Waals surface area contributed by atoms with Crippen LogP contribution in [0.5, 0.6) is 5.75 Å². The third kappa shape index (κ3) is 5.06. The van der Waals surface area contributed by atoms with E-state index in [9.17, 15) is 9.59 Å². The molecule has 3 aromatic carbocycles. The van der Waals surface area contributed by atoms with Crippen molar-refractivity contribution in [3.05, 3.63) is 95.6 Å².